The molecule has 1 saturated heterocycles. The summed E-state index contributed by atoms with van der Waals surface area (Å²) in [4.78, 5) is 13.2. The van der Waals surface area contributed by atoms with Crippen molar-refractivity contribution in [1.82, 2.24) is 19.8 Å². The average Bonchev–Trinajstić information content (AvgIpc) is 3.52. The molecule has 4 heterocycles. The molecule has 2 aliphatic heterocycles. The number of nitrogens with one attached hydrogen (secondary N) is 1. The van der Waals surface area contributed by atoms with Gasteiger partial charge in [-0.15, -0.1) is 5.73 Å². The van der Waals surface area contributed by atoms with Crippen molar-refractivity contribution in [3.8, 4) is 5.75 Å². The lowest BCUT2D eigenvalue weighted by atomic mass is 9.89. The summed E-state index contributed by atoms with van der Waals surface area (Å²) in [7, 11) is 0. The van der Waals surface area contributed by atoms with Crippen LogP contribution in [0.15, 0.2) is 60.1 Å². The number of H-pyrrole nitrogens is 1. The Morgan fingerprint density at radius 3 is 2.53 bits per heavy atom. The molecule has 2 aromatic heterocycles. The second kappa shape index (κ2) is 12.3. The number of aromatic nitrogens is 2. The third-order valence-corrected chi connectivity index (χ3v) is 7.33. The molecule has 5 nitrogen and oxygen atoms in total. The van der Waals surface area contributed by atoms with Crippen molar-refractivity contribution in [2.75, 3.05) is 19.6 Å². The maximum atomic E-state index is 9.64. The van der Waals surface area contributed by atoms with Crippen LogP contribution in [0.25, 0.3) is 10.9 Å². The van der Waals surface area contributed by atoms with Gasteiger partial charge in [0, 0.05) is 30.5 Å². The van der Waals surface area contributed by atoms with Crippen LogP contribution in [-0.4, -0.2) is 50.6 Å². The van der Waals surface area contributed by atoms with Crippen molar-refractivity contribution >= 4 is 10.9 Å². The number of likely N-dealkylation sites (tertiary alicyclic amines) is 1. The number of rotatable bonds is 5. The number of fused-ring (bicyclic) bond motifs is 3. The minimum absolute atomic E-state index is 0. The highest BCUT2D eigenvalue weighted by molar-refractivity contribution is 5.85. The van der Waals surface area contributed by atoms with Gasteiger partial charge in [-0.2, -0.15) is 0 Å². The SMILES string of the molecule is CC.CCCCN1CCCC1.C[C@@H]1Cc2c([nH]c3ccccc23)[C@@H](c2ccc(O)cn2)N1C1=C=CC1.[HH]. The zero-order valence-electron chi connectivity index (χ0n) is 22.4. The summed E-state index contributed by atoms with van der Waals surface area (Å²) in [6, 6.07) is 12.5. The average molecular weight is 489 g/mol. The monoisotopic (exact) mass is 488 g/mol. The molecule has 2 N–H and O–H groups in total. The normalized spacial score (nSPS) is 20.6. The minimum atomic E-state index is 0. The number of para-hydroxylation sites is 1. The molecule has 0 bridgehead atoms. The van der Waals surface area contributed by atoms with Gasteiger partial charge in [0.15, 0.2) is 0 Å². The van der Waals surface area contributed by atoms with Crippen LogP contribution in [0.4, 0.5) is 0 Å². The predicted molar refractivity (Wildman–Crippen MR) is 151 cm³/mol. The van der Waals surface area contributed by atoms with Crippen molar-refractivity contribution in [1.29, 1.82) is 0 Å². The Labute approximate surface area is 218 Å². The van der Waals surface area contributed by atoms with Gasteiger partial charge < -0.3 is 19.9 Å². The van der Waals surface area contributed by atoms with Crippen molar-refractivity contribution in [2.24, 2.45) is 0 Å². The van der Waals surface area contributed by atoms with Crippen molar-refractivity contribution in [3.63, 3.8) is 0 Å². The van der Waals surface area contributed by atoms with E-state index < -0.39 is 0 Å². The van der Waals surface area contributed by atoms with Crippen LogP contribution in [0, 0.1) is 0 Å². The Balaban J connectivity index is 0.000000270. The largest absolute Gasteiger partial charge is 0.506 e. The van der Waals surface area contributed by atoms with Crippen LogP contribution in [0.1, 0.15) is 84.2 Å². The Bertz CT molecular complexity index is 1190. The van der Waals surface area contributed by atoms with Crippen LogP contribution in [0.5, 0.6) is 5.75 Å². The molecule has 1 aliphatic carbocycles. The van der Waals surface area contributed by atoms with Gasteiger partial charge in [-0.3, -0.25) is 4.98 Å². The standard InChI is InChI=1S/C21H19N3O.C8H17N.C2H6.H2/c1-13-11-17-16-7-2-3-8-18(16)23-20(17)21(24(13)14-5-4-6-14)19-10-9-15(25)12-22-19;1-2-3-6-9-7-4-5-8-9;1-2;/h2-4,7-10,12-13,21,23,25H,5,11H2,1H3;2-8H2,1H3;1-2H3;1H/t13-,21-;;;/m1.../s1. The lowest BCUT2D eigenvalue weighted by Crippen LogP contribution is -2.42. The topological polar surface area (TPSA) is 55.4 Å². The number of aromatic hydroxyl groups is 1. The molecule has 0 amide bonds. The fraction of sp³-hybridized carbons (Fsp3) is 0.484. The summed E-state index contributed by atoms with van der Waals surface area (Å²) in [6.45, 7) is 12.6. The molecular weight excluding hydrogens is 444 g/mol. The molecule has 0 saturated carbocycles. The first-order chi connectivity index (χ1) is 17.7. The van der Waals surface area contributed by atoms with E-state index in [1.807, 2.05) is 19.9 Å². The summed E-state index contributed by atoms with van der Waals surface area (Å²) < 4.78 is 0. The van der Waals surface area contributed by atoms with E-state index in [9.17, 15) is 5.11 Å². The van der Waals surface area contributed by atoms with E-state index in [2.05, 4.69) is 69.7 Å². The summed E-state index contributed by atoms with van der Waals surface area (Å²) in [5.41, 5.74) is 9.28. The molecule has 36 heavy (non-hydrogen) atoms. The van der Waals surface area contributed by atoms with Crippen LogP contribution >= 0.6 is 0 Å². The summed E-state index contributed by atoms with van der Waals surface area (Å²) in [5.74, 6) is 0.193. The number of unbranched alkanes of at least 4 members (excludes halogenated alkanes) is 1. The van der Waals surface area contributed by atoms with Gasteiger partial charge in [0.2, 0.25) is 0 Å². The van der Waals surface area contributed by atoms with E-state index in [1.54, 1.807) is 6.07 Å². The van der Waals surface area contributed by atoms with Gasteiger partial charge in [-0.25, -0.2) is 0 Å². The molecule has 0 spiro atoms. The fourth-order valence-electron chi connectivity index (χ4n) is 5.49. The van der Waals surface area contributed by atoms with Gasteiger partial charge in [0.05, 0.1) is 17.6 Å². The lowest BCUT2D eigenvalue weighted by molar-refractivity contribution is 0.191. The number of aromatic amines is 1. The van der Waals surface area contributed by atoms with Crippen molar-refractivity contribution < 1.29 is 6.53 Å². The molecule has 1 fully saturated rings. The maximum Gasteiger partial charge on any atom is 0.133 e. The first-order valence-electron chi connectivity index (χ1n) is 13.8. The zero-order valence-corrected chi connectivity index (χ0v) is 22.4. The third kappa shape index (κ3) is 5.53. The quantitative estimate of drug-likeness (QED) is 0.373. The van der Waals surface area contributed by atoms with Gasteiger partial charge in [0.25, 0.3) is 0 Å². The van der Waals surface area contributed by atoms with Gasteiger partial charge in [0.1, 0.15) is 11.8 Å². The lowest BCUT2D eigenvalue weighted by Gasteiger charge is -2.43. The molecule has 2 atom stereocenters. The fourth-order valence-corrected chi connectivity index (χ4v) is 5.49. The third-order valence-electron chi connectivity index (χ3n) is 7.33. The second-order valence-electron chi connectivity index (χ2n) is 9.77. The van der Waals surface area contributed by atoms with E-state index in [-0.39, 0.29) is 13.2 Å². The predicted octanol–water partition coefficient (Wildman–Crippen LogP) is 7.20. The van der Waals surface area contributed by atoms with Gasteiger partial charge in [-0.05, 0) is 82.1 Å². The minimum Gasteiger partial charge on any atom is -0.506 e. The van der Waals surface area contributed by atoms with Crippen LogP contribution in [-0.2, 0) is 6.42 Å². The van der Waals surface area contributed by atoms with E-state index in [0.29, 0.717) is 6.04 Å². The van der Waals surface area contributed by atoms with Gasteiger partial charge >= 0.3 is 0 Å². The summed E-state index contributed by atoms with van der Waals surface area (Å²) >= 11 is 0. The Hall–Kier alpha value is -3.01. The van der Waals surface area contributed by atoms with Crippen molar-refractivity contribution in [2.45, 2.75) is 78.3 Å². The highest BCUT2D eigenvalue weighted by atomic mass is 16.3. The molecule has 3 aromatic rings. The number of hydrogen-bond acceptors (Lipinski definition) is 4. The molecular formula is C31H44N4O. The molecule has 194 valence electrons. The molecule has 6 rings (SSSR count). The Kier molecular flexibility index (Phi) is 8.90. The first kappa shape index (κ1) is 26.1. The molecule has 0 unspecified atom stereocenters. The molecule has 0 radical (unpaired) electrons. The number of hydrogen-bond donors (Lipinski definition) is 2. The zero-order chi connectivity index (χ0) is 25.5. The molecule has 3 aliphatic rings. The Morgan fingerprint density at radius 1 is 1.14 bits per heavy atom. The summed E-state index contributed by atoms with van der Waals surface area (Å²) in [6.07, 6.45) is 11.2. The van der Waals surface area contributed by atoms with Crippen LogP contribution in [0.2, 0.25) is 0 Å². The number of pyridine rings is 1. The Morgan fingerprint density at radius 2 is 1.89 bits per heavy atom. The maximum absolute atomic E-state index is 9.64. The first-order valence-corrected chi connectivity index (χ1v) is 13.8. The smallest absolute Gasteiger partial charge is 0.133 e. The van der Waals surface area contributed by atoms with E-state index in [1.165, 1.54) is 79.4 Å². The van der Waals surface area contributed by atoms with E-state index in [4.69, 9.17) is 0 Å². The van der Waals surface area contributed by atoms with E-state index in [0.717, 1.165) is 18.5 Å². The molecule has 5 heteroatoms. The van der Waals surface area contributed by atoms with Crippen LogP contribution in [0.3, 0.4) is 0 Å². The van der Waals surface area contributed by atoms with Crippen LogP contribution < -0.4 is 0 Å². The molecule has 1 aromatic carbocycles. The highest BCUT2D eigenvalue weighted by Gasteiger charge is 2.38. The second-order valence-corrected chi connectivity index (χ2v) is 9.77. The summed E-state index contributed by atoms with van der Waals surface area (Å²) in [5, 5.41) is 10.9. The number of nitrogens with zero attached hydrogens (tertiary/aromatic N) is 3. The van der Waals surface area contributed by atoms with E-state index >= 15 is 0 Å². The highest BCUT2D eigenvalue weighted by Crippen LogP contribution is 2.43. The number of benzene rings is 1. The van der Waals surface area contributed by atoms with Crippen molar-refractivity contribution in [3.05, 3.63) is 77.1 Å². The van der Waals surface area contributed by atoms with Gasteiger partial charge in [-0.1, -0.05) is 45.4 Å².